The van der Waals surface area contributed by atoms with Gasteiger partial charge in [0.25, 0.3) is 0 Å². The lowest BCUT2D eigenvalue weighted by molar-refractivity contribution is -0.129. The summed E-state index contributed by atoms with van der Waals surface area (Å²) in [6, 6.07) is 17.2. The molecule has 0 aliphatic carbocycles. The Balaban J connectivity index is 2.24. The molecule has 3 aromatic rings. The molecule has 0 aliphatic rings. The van der Waals surface area contributed by atoms with E-state index in [2.05, 4.69) is 65.1 Å². The molecule has 3 aromatic carbocycles. The first kappa shape index (κ1) is 23.5. The maximum Gasteiger partial charge on any atom is 0.335 e. The molecule has 0 saturated heterocycles. The number of carbonyl (C=O) groups excluding carboxylic acids is 2. The van der Waals surface area contributed by atoms with Gasteiger partial charge in [-0.1, -0.05) is 25.3 Å². The van der Waals surface area contributed by atoms with Crippen molar-refractivity contribution in [2.75, 3.05) is 4.90 Å². The van der Waals surface area contributed by atoms with Crippen molar-refractivity contribution < 1.29 is 19.1 Å². The molecule has 168 valence electrons. The summed E-state index contributed by atoms with van der Waals surface area (Å²) in [5.74, 6) is -0.780. The van der Waals surface area contributed by atoms with Crippen molar-refractivity contribution in [1.82, 2.24) is 0 Å². The first-order chi connectivity index (χ1) is 15.7. The highest BCUT2D eigenvalue weighted by atomic mass is 16.5. The van der Waals surface area contributed by atoms with Crippen molar-refractivity contribution in [2.24, 2.45) is 0 Å². The number of aryl methyl sites for hydroxylation is 4. The summed E-state index contributed by atoms with van der Waals surface area (Å²) in [7, 11) is 0. The highest BCUT2D eigenvalue weighted by Crippen LogP contribution is 2.40. The molecule has 0 fully saturated rings. The van der Waals surface area contributed by atoms with E-state index in [9.17, 15) is 9.59 Å². The van der Waals surface area contributed by atoms with E-state index in [1.54, 1.807) is 12.1 Å². The van der Waals surface area contributed by atoms with Crippen LogP contribution in [0, 0.1) is 27.7 Å². The molecule has 5 heteroatoms. The number of hydrogen-bond acceptors (Lipinski definition) is 5. The molecule has 5 nitrogen and oxygen atoms in total. The predicted octanol–water partition coefficient (Wildman–Crippen LogP) is 6.57. The second-order valence-electron chi connectivity index (χ2n) is 7.79. The Morgan fingerprint density at radius 1 is 0.636 bits per heavy atom. The molecular weight excluding hydrogens is 414 g/mol. The van der Waals surface area contributed by atoms with Gasteiger partial charge in [0.05, 0.1) is 5.69 Å². The van der Waals surface area contributed by atoms with Crippen LogP contribution in [0.2, 0.25) is 0 Å². The van der Waals surface area contributed by atoms with Gasteiger partial charge < -0.3 is 14.4 Å². The molecular formula is C28H27NO4. The molecule has 0 amide bonds. The van der Waals surface area contributed by atoms with E-state index in [0.29, 0.717) is 5.69 Å². The van der Waals surface area contributed by atoms with Crippen LogP contribution in [-0.4, -0.2) is 11.9 Å². The third-order valence-electron chi connectivity index (χ3n) is 5.39. The molecule has 33 heavy (non-hydrogen) atoms. The van der Waals surface area contributed by atoms with Crippen molar-refractivity contribution >= 4 is 29.0 Å². The van der Waals surface area contributed by atoms with E-state index in [-0.39, 0.29) is 11.5 Å². The maximum absolute atomic E-state index is 11.9. The molecule has 0 aromatic heterocycles. The van der Waals surface area contributed by atoms with Crippen molar-refractivity contribution in [3.63, 3.8) is 0 Å². The van der Waals surface area contributed by atoms with Crippen molar-refractivity contribution in [3.8, 4) is 11.5 Å². The van der Waals surface area contributed by atoms with Gasteiger partial charge in [-0.15, -0.1) is 0 Å². The minimum Gasteiger partial charge on any atom is -0.423 e. The van der Waals surface area contributed by atoms with E-state index >= 15 is 0 Å². The van der Waals surface area contributed by atoms with Crippen LogP contribution in [0.4, 0.5) is 17.1 Å². The maximum atomic E-state index is 11.9. The molecule has 0 saturated carbocycles. The standard InChI is InChI=1S/C28H27NO4/c1-7-27(30)32-25-15-24(16-26(17-25)33-28(31)8-2)29(22-11-9-18(3)20(5)13-22)23-12-10-19(4)21(6)14-23/h7-17H,1-2H2,3-6H3. The number of ether oxygens (including phenoxy) is 2. The number of nitrogens with zero attached hydrogens (tertiary/aromatic N) is 1. The number of benzene rings is 3. The van der Waals surface area contributed by atoms with E-state index in [1.165, 1.54) is 17.2 Å². The Labute approximate surface area is 194 Å². The number of esters is 2. The van der Waals surface area contributed by atoms with Crippen LogP contribution in [0.25, 0.3) is 0 Å². The Bertz CT molecular complexity index is 1150. The Kier molecular flexibility index (Phi) is 7.13. The molecule has 3 rings (SSSR count). The van der Waals surface area contributed by atoms with Crippen LogP contribution in [-0.2, 0) is 9.59 Å². The highest BCUT2D eigenvalue weighted by molar-refractivity contribution is 5.86. The van der Waals surface area contributed by atoms with Gasteiger partial charge in [0, 0.05) is 41.7 Å². The van der Waals surface area contributed by atoms with Crippen LogP contribution in [0.1, 0.15) is 22.3 Å². The summed E-state index contributed by atoms with van der Waals surface area (Å²) in [5, 5.41) is 0. The summed E-state index contributed by atoms with van der Waals surface area (Å²) in [4.78, 5) is 25.8. The molecule has 0 atom stereocenters. The zero-order valence-corrected chi connectivity index (χ0v) is 19.3. The lowest BCUT2D eigenvalue weighted by Gasteiger charge is -2.27. The van der Waals surface area contributed by atoms with Gasteiger partial charge in [0.1, 0.15) is 11.5 Å². The highest BCUT2D eigenvalue weighted by Gasteiger charge is 2.18. The van der Waals surface area contributed by atoms with Crippen molar-refractivity contribution in [2.45, 2.75) is 27.7 Å². The largest absolute Gasteiger partial charge is 0.423 e. The minimum atomic E-state index is -0.614. The normalized spacial score (nSPS) is 10.3. The average Bonchev–Trinajstić information content (AvgIpc) is 2.78. The number of hydrogen-bond donors (Lipinski definition) is 0. The average molecular weight is 442 g/mol. The fourth-order valence-corrected chi connectivity index (χ4v) is 3.30. The lowest BCUT2D eigenvalue weighted by atomic mass is 10.1. The molecule has 0 aliphatic heterocycles. The van der Waals surface area contributed by atoms with Gasteiger partial charge in [-0.3, -0.25) is 0 Å². The first-order valence-electron chi connectivity index (χ1n) is 10.5. The van der Waals surface area contributed by atoms with Gasteiger partial charge in [0.15, 0.2) is 0 Å². The van der Waals surface area contributed by atoms with E-state index in [4.69, 9.17) is 9.47 Å². The van der Waals surface area contributed by atoms with Gasteiger partial charge in [-0.25, -0.2) is 9.59 Å². The number of anilines is 3. The van der Waals surface area contributed by atoms with Crippen LogP contribution < -0.4 is 14.4 Å². The number of rotatable bonds is 7. The molecule has 0 heterocycles. The zero-order chi connectivity index (χ0) is 24.1. The minimum absolute atomic E-state index is 0.224. The summed E-state index contributed by atoms with van der Waals surface area (Å²) in [6.45, 7) is 15.1. The van der Waals surface area contributed by atoms with E-state index in [1.807, 2.05) is 17.0 Å². The summed E-state index contributed by atoms with van der Waals surface area (Å²) < 4.78 is 10.7. The number of carbonyl (C=O) groups is 2. The quantitative estimate of drug-likeness (QED) is 0.236. The van der Waals surface area contributed by atoms with Crippen molar-refractivity contribution in [1.29, 1.82) is 0 Å². The van der Waals surface area contributed by atoms with Crippen LogP contribution in [0.3, 0.4) is 0 Å². The van der Waals surface area contributed by atoms with Gasteiger partial charge in [-0.05, 0) is 74.2 Å². The summed E-state index contributed by atoms with van der Waals surface area (Å²) in [6.07, 6.45) is 2.15. The van der Waals surface area contributed by atoms with E-state index in [0.717, 1.165) is 34.7 Å². The molecule has 0 bridgehead atoms. The molecule has 0 spiro atoms. The fourth-order valence-electron chi connectivity index (χ4n) is 3.30. The van der Waals surface area contributed by atoms with Crippen molar-refractivity contribution in [3.05, 3.63) is 102 Å². The SMILES string of the molecule is C=CC(=O)Oc1cc(OC(=O)C=C)cc(N(c2ccc(C)c(C)c2)c2ccc(C)c(C)c2)c1. The summed E-state index contributed by atoms with van der Waals surface area (Å²) in [5.41, 5.74) is 7.09. The van der Waals surface area contributed by atoms with Crippen LogP contribution in [0.5, 0.6) is 11.5 Å². The second-order valence-corrected chi connectivity index (χ2v) is 7.79. The molecule has 0 N–H and O–H groups in total. The smallest absolute Gasteiger partial charge is 0.335 e. The Morgan fingerprint density at radius 3 is 1.42 bits per heavy atom. The lowest BCUT2D eigenvalue weighted by Crippen LogP contribution is -2.12. The second kappa shape index (κ2) is 10.0. The van der Waals surface area contributed by atoms with Gasteiger partial charge >= 0.3 is 11.9 Å². The summed E-state index contributed by atoms with van der Waals surface area (Å²) >= 11 is 0. The predicted molar refractivity (Wildman–Crippen MR) is 132 cm³/mol. The first-order valence-corrected chi connectivity index (χ1v) is 10.5. The fraction of sp³-hybridized carbons (Fsp3) is 0.143. The van der Waals surface area contributed by atoms with Gasteiger partial charge in [-0.2, -0.15) is 0 Å². The topological polar surface area (TPSA) is 55.8 Å². The Morgan fingerprint density at radius 2 is 1.06 bits per heavy atom. The molecule has 0 unspecified atom stereocenters. The third-order valence-corrected chi connectivity index (χ3v) is 5.39. The molecule has 0 radical (unpaired) electrons. The van der Waals surface area contributed by atoms with Crippen LogP contribution >= 0.6 is 0 Å². The Hall–Kier alpha value is -4.12. The van der Waals surface area contributed by atoms with Crippen LogP contribution in [0.15, 0.2) is 79.9 Å². The van der Waals surface area contributed by atoms with E-state index < -0.39 is 11.9 Å². The van der Waals surface area contributed by atoms with Gasteiger partial charge in [0.2, 0.25) is 0 Å². The zero-order valence-electron chi connectivity index (χ0n) is 19.3. The monoisotopic (exact) mass is 441 g/mol. The third kappa shape index (κ3) is 5.57.